The first-order valence-electron chi connectivity index (χ1n) is 7.41. The molecular formula is C15H29N3O2. The predicted molar refractivity (Wildman–Crippen MR) is 79.3 cm³/mol. The molecule has 2 aliphatic rings. The highest BCUT2D eigenvalue weighted by Crippen LogP contribution is 2.58. The van der Waals surface area contributed by atoms with Gasteiger partial charge in [0.1, 0.15) is 5.54 Å². The van der Waals surface area contributed by atoms with Crippen LogP contribution in [-0.2, 0) is 9.53 Å². The lowest BCUT2D eigenvalue weighted by Crippen LogP contribution is -2.80. The fourth-order valence-corrected chi connectivity index (χ4v) is 3.45. The third-order valence-corrected chi connectivity index (χ3v) is 5.72. The van der Waals surface area contributed by atoms with Gasteiger partial charge < -0.3 is 20.7 Å². The second-order valence-corrected chi connectivity index (χ2v) is 7.67. The van der Waals surface area contributed by atoms with Gasteiger partial charge >= 0.3 is 0 Å². The molecular weight excluding hydrogens is 254 g/mol. The van der Waals surface area contributed by atoms with Crippen LogP contribution in [0.4, 0.5) is 0 Å². The van der Waals surface area contributed by atoms with E-state index in [4.69, 9.17) is 10.5 Å². The van der Waals surface area contributed by atoms with Crippen LogP contribution in [0.3, 0.4) is 0 Å². The molecule has 0 spiro atoms. The fraction of sp³-hybridized carbons (Fsp3) is 0.933. The van der Waals surface area contributed by atoms with Gasteiger partial charge in [0.2, 0.25) is 5.91 Å². The SMILES string of the molecule is CN(C)C(C)(C)CNC(=O)C1(N)C2CCOC2C1(C)C. The number of ether oxygens (including phenoxy) is 1. The van der Waals surface area contributed by atoms with Crippen LogP contribution in [0.5, 0.6) is 0 Å². The Morgan fingerprint density at radius 1 is 1.45 bits per heavy atom. The smallest absolute Gasteiger partial charge is 0.241 e. The standard InChI is InChI=1S/C15H29N3O2/c1-13(2,18(5)6)9-17-12(19)15(16)10-7-8-20-11(10)14(15,3)4/h10-11H,7-9,16H2,1-6H3,(H,17,19). The van der Waals surface area contributed by atoms with E-state index in [1.165, 1.54) is 0 Å². The van der Waals surface area contributed by atoms with Crippen LogP contribution in [0, 0.1) is 11.3 Å². The summed E-state index contributed by atoms with van der Waals surface area (Å²) in [7, 11) is 4.02. The summed E-state index contributed by atoms with van der Waals surface area (Å²) in [5.41, 5.74) is 5.30. The number of fused-ring (bicyclic) bond motifs is 1. The van der Waals surface area contributed by atoms with Gasteiger partial charge in [0.15, 0.2) is 0 Å². The van der Waals surface area contributed by atoms with E-state index < -0.39 is 5.54 Å². The quantitative estimate of drug-likeness (QED) is 0.792. The Morgan fingerprint density at radius 3 is 2.60 bits per heavy atom. The largest absolute Gasteiger partial charge is 0.377 e. The Morgan fingerprint density at radius 2 is 2.05 bits per heavy atom. The second kappa shape index (κ2) is 4.68. The van der Waals surface area contributed by atoms with E-state index in [1.807, 2.05) is 27.9 Å². The summed E-state index contributed by atoms with van der Waals surface area (Å²) in [4.78, 5) is 14.8. The Kier molecular flexibility index (Phi) is 3.68. The number of hydrogen-bond donors (Lipinski definition) is 2. The van der Waals surface area contributed by atoms with E-state index in [1.54, 1.807) is 0 Å². The van der Waals surface area contributed by atoms with Crippen molar-refractivity contribution in [3.05, 3.63) is 0 Å². The van der Waals surface area contributed by atoms with Gasteiger partial charge in [-0.2, -0.15) is 0 Å². The molecule has 1 amide bonds. The molecule has 0 aromatic carbocycles. The Balaban J connectivity index is 2.06. The highest BCUT2D eigenvalue weighted by Gasteiger charge is 2.71. The summed E-state index contributed by atoms with van der Waals surface area (Å²) in [5.74, 6) is 0.115. The van der Waals surface area contributed by atoms with Crippen LogP contribution in [0.25, 0.3) is 0 Å². The van der Waals surface area contributed by atoms with Crippen LogP contribution in [0.2, 0.25) is 0 Å². The van der Waals surface area contributed by atoms with Crippen molar-refractivity contribution in [3.63, 3.8) is 0 Å². The molecule has 2 fully saturated rings. The highest BCUT2D eigenvalue weighted by atomic mass is 16.5. The van der Waals surface area contributed by atoms with Gasteiger partial charge in [-0.25, -0.2) is 0 Å². The van der Waals surface area contributed by atoms with E-state index in [0.717, 1.165) is 6.42 Å². The Labute approximate surface area is 122 Å². The van der Waals surface area contributed by atoms with Gasteiger partial charge in [-0.3, -0.25) is 4.79 Å². The minimum atomic E-state index is -0.809. The maximum atomic E-state index is 12.7. The highest BCUT2D eigenvalue weighted by molar-refractivity contribution is 5.89. The maximum Gasteiger partial charge on any atom is 0.241 e. The number of carbonyl (C=O) groups is 1. The number of nitrogens with two attached hydrogens (primary N) is 1. The minimum absolute atomic E-state index is 0.0378. The summed E-state index contributed by atoms with van der Waals surface area (Å²) >= 11 is 0. The summed E-state index contributed by atoms with van der Waals surface area (Å²) in [6.45, 7) is 9.58. The second-order valence-electron chi connectivity index (χ2n) is 7.67. The van der Waals surface area contributed by atoms with Crippen molar-refractivity contribution in [2.24, 2.45) is 17.1 Å². The van der Waals surface area contributed by atoms with Crippen molar-refractivity contribution in [2.75, 3.05) is 27.2 Å². The van der Waals surface area contributed by atoms with Crippen molar-refractivity contribution in [1.29, 1.82) is 0 Å². The maximum absolute atomic E-state index is 12.7. The zero-order chi connectivity index (χ0) is 15.3. The van der Waals surface area contributed by atoms with Crippen LogP contribution in [0.1, 0.15) is 34.1 Å². The van der Waals surface area contributed by atoms with Gasteiger partial charge in [-0.1, -0.05) is 13.8 Å². The third-order valence-electron chi connectivity index (χ3n) is 5.72. The van der Waals surface area contributed by atoms with Gasteiger partial charge in [-0.05, 0) is 34.4 Å². The summed E-state index contributed by atoms with van der Waals surface area (Å²) in [6, 6.07) is 0. The lowest BCUT2D eigenvalue weighted by molar-refractivity contribution is -0.175. The average Bonchev–Trinajstić information content (AvgIpc) is 2.82. The van der Waals surface area contributed by atoms with E-state index in [-0.39, 0.29) is 28.9 Å². The normalized spacial score (nSPS) is 35.6. The number of amides is 1. The van der Waals surface area contributed by atoms with Crippen LogP contribution in [0.15, 0.2) is 0 Å². The zero-order valence-electron chi connectivity index (χ0n) is 13.6. The number of hydrogen-bond acceptors (Lipinski definition) is 4. The molecule has 0 aromatic rings. The van der Waals surface area contributed by atoms with Crippen LogP contribution in [-0.4, -0.2) is 55.2 Å². The molecule has 3 atom stereocenters. The minimum Gasteiger partial charge on any atom is -0.377 e. The van der Waals surface area contributed by atoms with Crippen molar-refractivity contribution in [1.82, 2.24) is 10.2 Å². The number of nitrogens with zero attached hydrogens (tertiary/aromatic N) is 1. The van der Waals surface area contributed by atoms with Crippen molar-refractivity contribution < 1.29 is 9.53 Å². The van der Waals surface area contributed by atoms with Gasteiger partial charge in [0, 0.05) is 30.0 Å². The molecule has 5 nitrogen and oxygen atoms in total. The molecule has 5 heteroatoms. The summed E-state index contributed by atoms with van der Waals surface area (Å²) in [5, 5.41) is 3.05. The molecule has 1 aliphatic carbocycles. The number of carbonyl (C=O) groups excluding carboxylic acids is 1. The first kappa shape index (κ1) is 15.7. The van der Waals surface area contributed by atoms with Crippen molar-refractivity contribution >= 4 is 5.91 Å². The predicted octanol–water partition coefficient (Wildman–Crippen LogP) is 0.585. The van der Waals surface area contributed by atoms with Crippen molar-refractivity contribution in [3.8, 4) is 0 Å². The summed E-state index contributed by atoms with van der Waals surface area (Å²) < 4.78 is 5.73. The van der Waals surface area contributed by atoms with Crippen LogP contribution < -0.4 is 11.1 Å². The van der Waals surface area contributed by atoms with Crippen molar-refractivity contribution in [2.45, 2.75) is 51.3 Å². The molecule has 1 saturated carbocycles. The number of nitrogens with one attached hydrogen (secondary N) is 1. The molecule has 1 heterocycles. The summed E-state index contributed by atoms with van der Waals surface area (Å²) in [6.07, 6.45) is 1.01. The first-order valence-corrected chi connectivity index (χ1v) is 7.41. The molecule has 0 bridgehead atoms. The van der Waals surface area contributed by atoms with E-state index in [9.17, 15) is 4.79 Å². The first-order chi connectivity index (χ1) is 9.05. The molecule has 20 heavy (non-hydrogen) atoms. The van der Waals surface area contributed by atoms with Gasteiger partial charge in [0.05, 0.1) is 6.10 Å². The van der Waals surface area contributed by atoms with Crippen LogP contribution >= 0.6 is 0 Å². The Hall–Kier alpha value is -0.650. The molecule has 0 aromatic heterocycles. The average molecular weight is 283 g/mol. The molecule has 116 valence electrons. The number of rotatable bonds is 4. The lowest BCUT2D eigenvalue weighted by atomic mass is 9.48. The number of likely N-dealkylation sites (N-methyl/N-ethyl adjacent to an activating group) is 1. The third kappa shape index (κ3) is 1.98. The lowest BCUT2D eigenvalue weighted by Gasteiger charge is -2.60. The zero-order valence-corrected chi connectivity index (χ0v) is 13.6. The molecule has 0 radical (unpaired) electrons. The van der Waals surface area contributed by atoms with Gasteiger partial charge in [0.25, 0.3) is 0 Å². The topological polar surface area (TPSA) is 67.6 Å². The molecule has 2 rings (SSSR count). The van der Waals surface area contributed by atoms with Gasteiger partial charge in [-0.15, -0.1) is 0 Å². The molecule has 1 aliphatic heterocycles. The monoisotopic (exact) mass is 283 g/mol. The fourth-order valence-electron chi connectivity index (χ4n) is 3.45. The molecule has 1 saturated heterocycles. The van der Waals surface area contributed by atoms with E-state index in [0.29, 0.717) is 13.2 Å². The molecule has 3 unspecified atom stereocenters. The Bertz CT molecular complexity index is 406. The van der Waals surface area contributed by atoms with E-state index in [2.05, 4.69) is 24.1 Å². The molecule has 3 N–H and O–H groups in total. The van der Waals surface area contributed by atoms with E-state index >= 15 is 0 Å².